The normalized spacial score (nSPS) is 15.8. The highest BCUT2D eigenvalue weighted by molar-refractivity contribution is 7.12. The van der Waals surface area contributed by atoms with Gasteiger partial charge in [0, 0.05) is 53.8 Å². The zero-order chi connectivity index (χ0) is 28.5. The van der Waals surface area contributed by atoms with E-state index >= 15 is 0 Å². The summed E-state index contributed by atoms with van der Waals surface area (Å²) in [5.74, 6) is -0.939. The van der Waals surface area contributed by atoms with Crippen LogP contribution in [-0.2, 0) is 24.1 Å². The average molecular weight is 564 g/mol. The fourth-order valence-corrected chi connectivity index (χ4v) is 5.65. The number of halogens is 5. The summed E-state index contributed by atoms with van der Waals surface area (Å²) in [6.45, 7) is 2.65. The molecule has 1 amide bonds. The van der Waals surface area contributed by atoms with Gasteiger partial charge in [-0.15, -0.1) is 11.3 Å². The Kier molecular flexibility index (Phi) is 8.23. The standard InChI is InChI=1S/C27H26F5N5OS/c1-4-37-14-22(25(34-37)27(30,31)32)19-10-16(26(28)29)7-8-18(19)21-13-36(24(38)6-5-9-35(2)3)15-23-20(21)11-17(12-33)39-23/h5-8,10-11,14,21,26H,4,9,13,15H2,1-3H3/b6-5+. The summed E-state index contributed by atoms with van der Waals surface area (Å²) in [6, 6.07) is 7.42. The number of hydrogen-bond donors (Lipinski definition) is 0. The van der Waals surface area contributed by atoms with Crippen molar-refractivity contribution in [3.8, 4) is 17.2 Å². The van der Waals surface area contributed by atoms with Gasteiger partial charge in [-0.05, 0) is 49.8 Å². The van der Waals surface area contributed by atoms with Crippen LogP contribution in [0.1, 0.15) is 51.4 Å². The number of thiophene rings is 1. The molecule has 0 saturated carbocycles. The van der Waals surface area contributed by atoms with Crippen LogP contribution in [0.25, 0.3) is 11.1 Å². The number of nitrogens with zero attached hydrogens (tertiary/aromatic N) is 5. The van der Waals surface area contributed by atoms with Gasteiger partial charge in [-0.3, -0.25) is 9.48 Å². The Hall–Kier alpha value is -3.56. The monoisotopic (exact) mass is 563 g/mol. The van der Waals surface area contributed by atoms with E-state index in [0.717, 1.165) is 15.6 Å². The molecule has 39 heavy (non-hydrogen) atoms. The van der Waals surface area contributed by atoms with Crippen molar-refractivity contribution in [3.63, 3.8) is 0 Å². The summed E-state index contributed by atoms with van der Waals surface area (Å²) in [6.07, 6.45) is -3.36. The van der Waals surface area contributed by atoms with Crippen LogP contribution >= 0.6 is 11.3 Å². The molecular formula is C27H26F5N5OS. The lowest BCUT2D eigenvalue weighted by atomic mass is 9.83. The molecule has 1 unspecified atom stereocenters. The highest BCUT2D eigenvalue weighted by Crippen LogP contribution is 2.45. The van der Waals surface area contributed by atoms with Gasteiger partial charge < -0.3 is 9.80 Å². The van der Waals surface area contributed by atoms with E-state index in [1.165, 1.54) is 35.7 Å². The van der Waals surface area contributed by atoms with Crippen LogP contribution in [0.15, 0.2) is 42.6 Å². The zero-order valence-corrected chi connectivity index (χ0v) is 22.3. The van der Waals surface area contributed by atoms with Gasteiger partial charge in [-0.2, -0.15) is 23.5 Å². The number of carbonyl (C=O) groups excluding carboxylic acids is 1. The number of carbonyl (C=O) groups is 1. The molecule has 6 nitrogen and oxygen atoms in total. The van der Waals surface area contributed by atoms with Crippen molar-refractivity contribution in [1.82, 2.24) is 19.6 Å². The van der Waals surface area contributed by atoms with Gasteiger partial charge in [0.2, 0.25) is 5.91 Å². The third-order valence-electron chi connectivity index (χ3n) is 6.46. The molecule has 0 fully saturated rings. The minimum absolute atomic E-state index is 0.0297. The van der Waals surface area contributed by atoms with E-state index in [1.807, 2.05) is 19.0 Å². The average Bonchev–Trinajstić information content (AvgIpc) is 3.51. The molecule has 3 heterocycles. The Morgan fingerprint density at radius 3 is 2.62 bits per heavy atom. The van der Waals surface area contributed by atoms with Gasteiger partial charge in [0.05, 0.1) is 6.54 Å². The van der Waals surface area contributed by atoms with Gasteiger partial charge in [-0.25, -0.2) is 8.78 Å². The number of nitriles is 1. The first kappa shape index (κ1) is 28.4. The number of hydrogen-bond acceptors (Lipinski definition) is 5. The molecule has 3 aromatic rings. The molecule has 2 aromatic heterocycles. The molecule has 12 heteroatoms. The largest absolute Gasteiger partial charge is 0.435 e. The van der Waals surface area contributed by atoms with Crippen LogP contribution in [0.4, 0.5) is 22.0 Å². The summed E-state index contributed by atoms with van der Waals surface area (Å²) in [7, 11) is 3.71. The highest BCUT2D eigenvalue weighted by Gasteiger charge is 2.39. The molecule has 206 valence electrons. The minimum Gasteiger partial charge on any atom is -0.333 e. The maximum absolute atomic E-state index is 14.0. The van der Waals surface area contributed by atoms with Crippen LogP contribution in [0.5, 0.6) is 0 Å². The maximum Gasteiger partial charge on any atom is 0.435 e. The number of alkyl halides is 5. The molecule has 1 aliphatic rings. The highest BCUT2D eigenvalue weighted by atomic mass is 32.1. The van der Waals surface area contributed by atoms with Crippen molar-refractivity contribution in [3.05, 3.63) is 74.8 Å². The van der Waals surface area contributed by atoms with Crippen molar-refractivity contribution < 1.29 is 26.7 Å². The number of likely N-dealkylation sites (N-methyl/N-ethyl adjacent to an activating group) is 1. The van der Waals surface area contributed by atoms with Gasteiger partial charge in [0.1, 0.15) is 10.9 Å². The van der Waals surface area contributed by atoms with Gasteiger partial charge in [0.15, 0.2) is 5.69 Å². The Morgan fingerprint density at radius 2 is 2.00 bits per heavy atom. The van der Waals surface area contributed by atoms with E-state index in [0.29, 0.717) is 22.5 Å². The van der Waals surface area contributed by atoms with Crippen LogP contribution in [0.2, 0.25) is 0 Å². The Bertz CT molecular complexity index is 1430. The Labute approximate surface area is 226 Å². The van der Waals surface area contributed by atoms with Crippen molar-refractivity contribution >= 4 is 17.2 Å². The summed E-state index contributed by atoms with van der Waals surface area (Å²) in [5.41, 5.74) is -0.897. The van der Waals surface area contributed by atoms with E-state index in [9.17, 15) is 32.0 Å². The second-order valence-electron chi connectivity index (χ2n) is 9.43. The summed E-state index contributed by atoms with van der Waals surface area (Å²) in [4.78, 5) is 17.6. The van der Waals surface area contributed by atoms with Crippen LogP contribution in [0.3, 0.4) is 0 Å². The second kappa shape index (κ2) is 11.3. The molecule has 0 aliphatic carbocycles. The summed E-state index contributed by atoms with van der Waals surface area (Å²) >= 11 is 1.20. The van der Waals surface area contributed by atoms with Crippen molar-refractivity contribution in [2.45, 2.75) is 38.5 Å². The molecule has 1 aromatic carbocycles. The maximum atomic E-state index is 14.0. The topological polar surface area (TPSA) is 65.2 Å². The van der Waals surface area contributed by atoms with Crippen molar-refractivity contribution in [2.24, 2.45) is 0 Å². The number of benzene rings is 1. The van der Waals surface area contributed by atoms with E-state index in [1.54, 1.807) is 24.0 Å². The van der Waals surface area contributed by atoms with Crippen LogP contribution in [-0.4, -0.2) is 52.7 Å². The molecule has 0 spiro atoms. The third kappa shape index (κ3) is 6.04. The molecule has 1 atom stereocenters. The second-order valence-corrected chi connectivity index (χ2v) is 10.6. The smallest absolute Gasteiger partial charge is 0.333 e. The molecule has 1 aliphatic heterocycles. The Morgan fingerprint density at radius 1 is 1.26 bits per heavy atom. The fourth-order valence-electron chi connectivity index (χ4n) is 4.61. The van der Waals surface area contributed by atoms with Gasteiger partial charge in [0.25, 0.3) is 6.43 Å². The first-order valence-corrected chi connectivity index (χ1v) is 12.9. The van der Waals surface area contributed by atoms with E-state index in [2.05, 4.69) is 11.2 Å². The van der Waals surface area contributed by atoms with Crippen molar-refractivity contribution in [1.29, 1.82) is 5.26 Å². The first-order chi connectivity index (χ1) is 18.4. The van der Waals surface area contributed by atoms with Crippen LogP contribution < -0.4 is 0 Å². The predicted molar refractivity (Wildman–Crippen MR) is 137 cm³/mol. The minimum atomic E-state index is -4.82. The SMILES string of the molecule is CCn1cc(-c2cc(C(F)F)ccc2C2CN(C(=O)/C=C/CN(C)C)Cc3sc(C#N)cc32)c(C(F)(F)F)n1. The number of aromatic nitrogens is 2. The van der Waals surface area contributed by atoms with Crippen molar-refractivity contribution in [2.75, 3.05) is 27.2 Å². The number of amides is 1. The first-order valence-electron chi connectivity index (χ1n) is 12.1. The Balaban J connectivity index is 1.89. The molecule has 0 bridgehead atoms. The quantitative estimate of drug-likeness (QED) is 0.259. The summed E-state index contributed by atoms with van der Waals surface area (Å²) in [5, 5.41) is 13.2. The molecule has 0 radical (unpaired) electrons. The van der Waals surface area contributed by atoms with Crippen LogP contribution in [0, 0.1) is 11.3 Å². The summed E-state index contributed by atoms with van der Waals surface area (Å²) < 4.78 is 70.7. The molecular weight excluding hydrogens is 537 g/mol. The fraction of sp³-hybridized carbons (Fsp3) is 0.370. The zero-order valence-electron chi connectivity index (χ0n) is 21.5. The number of fused-ring (bicyclic) bond motifs is 1. The van der Waals surface area contributed by atoms with Gasteiger partial charge >= 0.3 is 6.18 Å². The number of rotatable bonds is 7. The third-order valence-corrected chi connectivity index (χ3v) is 7.50. The number of aryl methyl sites for hydroxylation is 1. The molecule has 4 rings (SSSR count). The van der Waals surface area contributed by atoms with E-state index < -0.39 is 29.8 Å². The lowest BCUT2D eigenvalue weighted by Crippen LogP contribution is -2.37. The van der Waals surface area contributed by atoms with E-state index in [4.69, 9.17) is 0 Å². The van der Waals surface area contributed by atoms with E-state index in [-0.39, 0.29) is 36.7 Å². The van der Waals surface area contributed by atoms with Gasteiger partial charge in [-0.1, -0.05) is 18.2 Å². The molecule has 0 saturated heterocycles. The lowest BCUT2D eigenvalue weighted by molar-refractivity contribution is -0.141. The predicted octanol–water partition coefficient (Wildman–Crippen LogP) is 6.05. The lowest BCUT2D eigenvalue weighted by Gasteiger charge is -2.33. The molecule has 0 N–H and O–H groups in total.